The van der Waals surface area contributed by atoms with Gasteiger partial charge in [0.05, 0.1) is 18.1 Å². The van der Waals surface area contributed by atoms with Crippen LogP contribution in [0.15, 0.2) is 11.3 Å². The molecular formula is C11H20N4O3S. The van der Waals surface area contributed by atoms with Gasteiger partial charge in [-0.15, -0.1) is 0 Å². The molecule has 8 heteroatoms. The number of aromatic nitrogens is 2. The molecule has 1 unspecified atom stereocenters. The molecule has 0 aliphatic carbocycles. The van der Waals surface area contributed by atoms with Crippen LogP contribution in [0.1, 0.15) is 43.6 Å². The van der Waals surface area contributed by atoms with Crippen LogP contribution in [0.5, 0.6) is 0 Å². The number of hydrogen-bond donors (Lipinski definition) is 3. The van der Waals surface area contributed by atoms with Gasteiger partial charge in [0.2, 0.25) is 5.17 Å². The van der Waals surface area contributed by atoms with E-state index >= 15 is 0 Å². The maximum absolute atomic E-state index is 11.2. The molecule has 108 valence electrons. The minimum absolute atomic E-state index is 0.299. The highest BCUT2D eigenvalue weighted by atomic mass is 32.2. The van der Waals surface area contributed by atoms with Gasteiger partial charge in [-0.2, -0.15) is 8.42 Å². The second kappa shape index (κ2) is 6.67. The SMILES string of the molecule is CCCCC(NC(=NC)S(=O)(=O)O)c1nc[nH]c1C. The molecule has 1 aromatic rings. The first-order chi connectivity index (χ1) is 8.90. The number of rotatable bonds is 5. The molecule has 1 heterocycles. The molecule has 0 aromatic carbocycles. The van der Waals surface area contributed by atoms with Gasteiger partial charge in [-0.1, -0.05) is 19.8 Å². The number of H-pyrrole nitrogens is 1. The quantitative estimate of drug-likeness (QED) is 0.431. The number of amidine groups is 1. The third kappa shape index (κ3) is 4.32. The Morgan fingerprint density at radius 1 is 1.63 bits per heavy atom. The highest BCUT2D eigenvalue weighted by Crippen LogP contribution is 2.20. The average molecular weight is 288 g/mol. The van der Waals surface area contributed by atoms with Gasteiger partial charge in [0.15, 0.2) is 0 Å². The van der Waals surface area contributed by atoms with E-state index in [-0.39, 0.29) is 6.04 Å². The van der Waals surface area contributed by atoms with Gasteiger partial charge in [-0.25, -0.2) is 4.98 Å². The molecule has 0 saturated carbocycles. The molecule has 0 spiro atoms. The number of aliphatic imine (C=N–C) groups is 1. The summed E-state index contributed by atoms with van der Waals surface area (Å²) in [7, 11) is -3.03. The van der Waals surface area contributed by atoms with Crippen molar-refractivity contribution in [1.82, 2.24) is 15.3 Å². The Balaban J connectivity index is 2.96. The summed E-state index contributed by atoms with van der Waals surface area (Å²) in [5, 5.41) is 2.32. The molecule has 0 aliphatic heterocycles. The molecule has 7 nitrogen and oxygen atoms in total. The van der Waals surface area contributed by atoms with Gasteiger partial charge in [0, 0.05) is 12.7 Å². The molecule has 0 radical (unpaired) electrons. The number of hydrogen-bond acceptors (Lipinski definition) is 4. The highest BCUT2D eigenvalue weighted by molar-refractivity contribution is 8.01. The minimum atomic E-state index is -4.34. The first-order valence-corrected chi connectivity index (χ1v) is 7.54. The Bertz CT molecular complexity index is 536. The molecule has 1 atom stereocenters. The van der Waals surface area contributed by atoms with Crippen molar-refractivity contribution in [2.75, 3.05) is 7.05 Å². The summed E-state index contributed by atoms with van der Waals surface area (Å²) in [6.07, 6.45) is 4.15. The van der Waals surface area contributed by atoms with E-state index in [0.717, 1.165) is 24.2 Å². The summed E-state index contributed by atoms with van der Waals surface area (Å²) in [4.78, 5) is 10.7. The van der Waals surface area contributed by atoms with Crippen LogP contribution in [0, 0.1) is 6.92 Å². The zero-order valence-electron chi connectivity index (χ0n) is 11.3. The fourth-order valence-electron chi connectivity index (χ4n) is 1.81. The van der Waals surface area contributed by atoms with Crippen molar-refractivity contribution >= 4 is 15.3 Å². The monoisotopic (exact) mass is 288 g/mol. The standard InChI is InChI=1S/C11H20N4O3S/c1-4-5-6-9(10-8(2)13-7-14-10)15-11(12-3)19(16,17)18/h7,9H,4-6H2,1-3H3,(H,12,15)(H,13,14)(H,16,17,18). The summed E-state index contributed by atoms with van der Waals surface area (Å²) >= 11 is 0. The number of aromatic amines is 1. The Hall–Kier alpha value is -1.41. The minimum Gasteiger partial charge on any atom is -0.350 e. The van der Waals surface area contributed by atoms with E-state index in [0.29, 0.717) is 6.42 Å². The van der Waals surface area contributed by atoms with Crippen LogP contribution in [0.3, 0.4) is 0 Å². The van der Waals surface area contributed by atoms with Crippen molar-refractivity contribution in [3.8, 4) is 0 Å². The van der Waals surface area contributed by atoms with E-state index in [1.807, 2.05) is 13.8 Å². The van der Waals surface area contributed by atoms with Gasteiger partial charge in [0.1, 0.15) is 0 Å². The number of unbranched alkanes of at least 4 members (excludes halogenated alkanes) is 1. The molecule has 0 saturated heterocycles. The molecule has 1 aromatic heterocycles. The summed E-state index contributed by atoms with van der Waals surface area (Å²) in [5.41, 5.74) is 1.60. The molecule has 0 fully saturated rings. The third-order valence-corrected chi connectivity index (χ3v) is 3.58. The lowest BCUT2D eigenvalue weighted by Gasteiger charge is -2.18. The fourth-order valence-corrected chi connectivity index (χ4v) is 2.33. The van der Waals surface area contributed by atoms with Gasteiger partial charge in [-0.05, 0) is 13.3 Å². The zero-order chi connectivity index (χ0) is 14.5. The smallest absolute Gasteiger partial charge is 0.327 e. The maximum atomic E-state index is 11.2. The lowest BCUT2D eigenvalue weighted by Crippen LogP contribution is -2.34. The van der Waals surface area contributed by atoms with E-state index in [1.54, 1.807) is 6.33 Å². The summed E-state index contributed by atoms with van der Waals surface area (Å²) in [6, 6.07) is -0.299. The van der Waals surface area contributed by atoms with Crippen molar-refractivity contribution in [3.05, 3.63) is 17.7 Å². The van der Waals surface area contributed by atoms with Crippen LogP contribution < -0.4 is 5.32 Å². The Morgan fingerprint density at radius 2 is 2.32 bits per heavy atom. The van der Waals surface area contributed by atoms with Gasteiger partial charge in [0.25, 0.3) is 0 Å². The molecule has 19 heavy (non-hydrogen) atoms. The number of aryl methyl sites for hydroxylation is 1. The number of imidazole rings is 1. The normalized spacial score (nSPS) is 14.4. The number of nitrogens with one attached hydrogen (secondary N) is 2. The topological polar surface area (TPSA) is 107 Å². The van der Waals surface area contributed by atoms with E-state index in [9.17, 15) is 8.42 Å². The zero-order valence-corrected chi connectivity index (χ0v) is 12.2. The lowest BCUT2D eigenvalue weighted by atomic mass is 10.1. The first kappa shape index (κ1) is 15.6. The van der Waals surface area contributed by atoms with Crippen LogP contribution in [-0.4, -0.2) is 35.2 Å². The van der Waals surface area contributed by atoms with Crippen molar-refractivity contribution < 1.29 is 13.0 Å². The van der Waals surface area contributed by atoms with Crippen molar-refractivity contribution in [1.29, 1.82) is 0 Å². The molecule has 1 rings (SSSR count). The predicted molar refractivity (Wildman–Crippen MR) is 73.6 cm³/mol. The Morgan fingerprint density at radius 3 is 2.74 bits per heavy atom. The van der Waals surface area contributed by atoms with Crippen LogP contribution in [-0.2, 0) is 10.1 Å². The van der Waals surface area contributed by atoms with Gasteiger partial charge in [-0.3, -0.25) is 9.55 Å². The molecule has 0 aliphatic rings. The summed E-state index contributed by atoms with van der Waals surface area (Å²) < 4.78 is 31.4. The van der Waals surface area contributed by atoms with Crippen molar-refractivity contribution in [3.63, 3.8) is 0 Å². The Labute approximate surface area is 113 Å². The molecular weight excluding hydrogens is 268 g/mol. The first-order valence-electron chi connectivity index (χ1n) is 6.10. The van der Waals surface area contributed by atoms with Crippen LogP contribution in [0.25, 0.3) is 0 Å². The summed E-state index contributed by atoms with van der Waals surface area (Å²) in [5.74, 6) is 0. The van der Waals surface area contributed by atoms with E-state index in [4.69, 9.17) is 4.55 Å². The molecule has 0 bridgehead atoms. The van der Waals surface area contributed by atoms with Gasteiger partial charge < -0.3 is 10.3 Å². The van der Waals surface area contributed by atoms with E-state index < -0.39 is 15.3 Å². The molecule has 3 N–H and O–H groups in total. The highest BCUT2D eigenvalue weighted by Gasteiger charge is 2.23. The summed E-state index contributed by atoms with van der Waals surface area (Å²) in [6.45, 7) is 3.91. The van der Waals surface area contributed by atoms with Crippen LogP contribution in [0.2, 0.25) is 0 Å². The number of nitrogens with zero attached hydrogens (tertiary/aromatic N) is 2. The lowest BCUT2D eigenvalue weighted by molar-refractivity contribution is 0.490. The van der Waals surface area contributed by atoms with Crippen LogP contribution in [0.4, 0.5) is 0 Å². The molecule has 0 amide bonds. The van der Waals surface area contributed by atoms with Crippen molar-refractivity contribution in [2.24, 2.45) is 4.99 Å². The van der Waals surface area contributed by atoms with E-state index in [1.165, 1.54) is 7.05 Å². The fraction of sp³-hybridized carbons (Fsp3) is 0.636. The van der Waals surface area contributed by atoms with Crippen LogP contribution >= 0.6 is 0 Å². The average Bonchev–Trinajstić information content (AvgIpc) is 2.74. The van der Waals surface area contributed by atoms with E-state index in [2.05, 4.69) is 20.3 Å². The second-order valence-electron chi connectivity index (χ2n) is 4.26. The van der Waals surface area contributed by atoms with Crippen molar-refractivity contribution in [2.45, 2.75) is 39.2 Å². The third-order valence-electron chi connectivity index (χ3n) is 2.79. The predicted octanol–water partition coefficient (Wildman–Crippen LogP) is 1.41. The second-order valence-corrected chi connectivity index (χ2v) is 5.59. The maximum Gasteiger partial charge on any atom is 0.327 e. The largest absolute Gasteiger partial charge is 0.350 e. The Kier molecular flexibility index (Phi) is 5.49. The van der Waals surface area contributed by atoms with Gasteiger partial charge >= 0.3 is 10.1 Å².